The molecule has 2 aliphatic rings. The molecule has 0 spiro atoms. The molecule has 2 fully saturated rings. The molecule has 0 aromatic heterocycles. The summed E-state index contributed by atoms with van der Waals surface area (Å²) in [4.78, 5) is 156. The first-order valence-electron chi connectivity index (χ1n) is 34.9. The van der Waals surface area contributed by atoms with Crippen molar-refractivity contribution in [3.63, 3.8) is 0 Å². The van der Waals surface area contributed by atoms with Crippen LogP contribution < -0.4 is 16.0 Å². The Labute approximate surface area is 561 Å². The van der Waals surface area contributed by atoms with Gasteiger partial charge >= 0.3 is 11.9 Å². The molecule has 4 N–H and O–H groups in total. The summed E-state index contributed by atoms with van der Waals surface area (Å²) in [6, 6.07) is 7.23. The number of amides is 8. The van der Waals surface area contributed by atoms with Crippen molar-refractivity contribution in [1.29, 1.82) is 0 Å². The molecule has 0 radical (unpaired) electrons. The predicted molar refractivity (Wildman–Crippen MR) is 363 cm³/mol. The highest BCUT2D eigenvalue weighted by atomic mass is 16.6. The summed E-state index contributed by atoms with van der Waals surface area (Å²) in [5.41, 5.74) is -0.645. The van der Waals surface area contributed by atoms with Gasteiger partial charge in [0.15, 0.2) is 12.1 Å². The van der Waals surface area contributed by atoms with Crippen molar-refractivity contribution in [2.45, 2.75) is 265 Å². The SMILES string of the molecule is CCCCCCCCCCCCCCOC(=O)CC[C@@H]1NC(=O)[C@@H]2CCCN2C(=O)[C@H](Cc2ccccc2)N(C)C(=O)[C@H](Cc2ccccc2)NC(=O)[C@H](C(C)C)N(C)C(=O)[C@@H]([C@H](C)CC)OC(=O)[C@H](C(C)(C)O)N(C)C(=O)[C@H](CC(C)C)NC(=O)[C@H](C(C)C)N(C)C1=O. The lowest BCUT2D eigenvalue weighted by atomic mass is 9.94. The molecule has 21 nitrogen and oxygen atoms in total. The Morgan fingerprint density at radius 1 is 0.585 bits per heavy atom. The highest BCUT2D eigenvalue weighted by Gasteiger charge is 2.48. The lowest BCUT2D eigenvalue weighted by Crippen LogP contribution is -2.62. The molecule has 526 valence electrons. The van der Waals surface area contributed by atoms with Crippen LogP contribution in [-0.4, -0.2) is 190 Å². The third kappa shape index (κ3) is 23.8. The smallest absolute Gasteiger partial charge is 0.332 e. The quantitative estimate of drug-likeness (QED) is 0.0485. The minimum absolute atomic E-state index is 0.00000282. The third-order valence-corrected chi connectivity index (χ3v) is 18.5. The van der Waals surface area contributed by atoms with Gasteiger partial charge in [0.2, 0.25) is 41.4 Å². The minimum atomic E-state index is -2.01. The van der Waals surface area contributed by atoms with Gasteiger partial charge in [-0.3, -0.25) is 43.2 Å². The van der Waals surface area contributed by atoms with Crippen LogP contribution in [0.3, 0.4) is 0 Å². The maximum atomic E-state index is 15.5. The second-order valence-electron chi connectivity index (χ2n) is 28.0. The summed E-state index contributed by atoms with van der Waals surface area (Å²) in [6.45, 7) is 19.1. The summed E-state index contributed by atoms with van der Waals surface area (Å²) in [7, 11) is 5.56. The van der Waals surface area contributed by atoms with Gasteiger partial charge in [0, 0.05) is 59.9 Å². The molecule has 4 rings (SSSR count). The topological polar surface area (TPSA) is 262 Å². The average Bonchev–Trinajstić information content (AvgIpc) is 1.15. The van der Waals surface area contributed by atoms with E-state index in [1.54, 1.807) is 77.9 Å². The van der Waals surface area contributed by atoms with Gasteiger partial charge in [-0.15, -0.1) is 0 Å². The summed E-state index contributed by atoms with van der Waals surface area (Å²) >= 11 is 0. The largest absolute Gasteiger partial charge is 0.466 e. The van der Waals surface area contributed by atoms with Crippen molar-refractivity contribution in [2.75, 3.05) is 41.3 Å². The minimum Gasteiger partial charge on any atom is -0.466 e. The van der Waals surface area contributed by atoms with E-state index in [0.29, 0.717) is 30.4 Å². The summed E-state index contributed by atoms with van der Waals surface area (Å²) in [5.74, 6) is -9.54. The number of nitrogens with one attached hydrogen (secondary N) is 3. The molecular weight excluding hydrogens is 1200 g/mol. The zero-order valence-electron chi connectivity index (χ0n) is 59.4. The van der Waals surface area contributed by atoms with Crippen molar-refractivity contribution < 1.29 is 62.5 Å². The number of fused-ring (bicyclic) bond motifs is 1. The second-order valence-corrected chi connectivity index (χ2v) is 28.0. The number of nitrogens with zero attached hydrogens (tertiary/aromatic N) is 5. The van der Waals surface area contributed by atoms with Crippen LogP contribution in [0.15, 0.2) is 60.7 Å². The fourth-order valence-electron chi connectivity index (χ4n) is 13.0. The van der Waals surface area contributed by atoms with Crippen LogP contribution in [0.4, 0.5) is 0 Å². The van der Waals surface area contributed by atoms with E-state index in [4.69, 9.17) is 9.47 Å². The number of carbonyl (C=O) groups is 10. The zero-order chi connectivity index (χ0) is 70.0. The Balaban J connectivity index is 1.86. The average molecular weight is 1310 g/mol. The normalized spacial score (nSPS) is 23.8. The molecule has 2 saturated heterocycles. The Morgan fingerprint density at radius 2 is 1.05 bits per heavy atom. The Bertz CT molecular complexity index is 2760. The summed E-state index contributed by atoms with van der Waals surface area (Å²) < 4.78 is 11.8. The molecular formula is C73H116N8O13. The van der Waals surface area contributed by atoms with Crippen molar-refractivity contribution in [3.8, 4) is 0 Å². The molecule has 0 bridgehead atoms. The van der Waals surface area contributed by atoms with Crippen LogP contribution in [0.25, 0.3) is 0 Å². The Morgan fingerprint density at radius 3 is 1.55 bits per heavy atom. The number of esters is 2. The van der Waals surface area contributed by atoms with Gasteiger partial charge in [0.1, 0.15) is 42.3 Å². The maximum Gasteiger partial charge on any atom is 0.332 e. The molecule has 0 unspecified atom stereocenters. The molecule has 0 saturated carbocycles. The van der Waals surface area contributed by atoms with E-state index in [-0.39, 0.29) is 57.6 Å². The highest BCUT2D eigenvalue weighted by molar-refractivity contribution is 5.99. The lowest BCUT2D eigenvalue weighted by Gasteiger charge is -2.39. The monoisotopic (exact) mass is 1310 g/mol. The number of hydrogen-bond donors (Lipinski definition) is 4. The molecule has 2 aromatic rings. The lowest BCUT2D eigenvalue weighted by molar-refractivity contribution is -0.177. The van der Waals surface area contributed by atoms with E-state index in [9.17, 15) is 24.3 Å². The number of aliphatic hydroxyl groups is 1. The van der Waals surface area contributed by atoms with E-state index >= 15 is 28.8 Å². The number of benzene rings is 2. The van der Waals surface area contributed by atoms with Crippen molar-refractivity contribution in [3.05, 3.63) is 71.8 Å². The number of ether oxygens (including phenoxy) is 2. The van der Waals surface area contributed by atoms with Crippen LogP contribution in [-0.2, 0) is 70.3 Å². The number of likely N-dealkylation sites (N-methyl/N-ethyl adjacent to an activating group) is 4. The maximum absolute atomic E-state index is 15.5. The van der Waals surface area contributed by atoms with Gasteiger partial charge in [0.25, 0.3) is 5.91 Å². The summed E-state index contributed by atoms with van der Waals surface area (Å²) in [6.07, 6.45) is 12.4. The summed E-state index contributed by atoms with van der Waals surface area (Å²) in [5, 5.41) is 20.5. The number of hydrogen-bond acceptors (Lipinski definition) is 13. The molecule has 2 aromatic carbocycles. The van der Waals surface area contributed by atoms with Crippen LogP contribution in [0.5, 0.6) is 0 Å². The predicted octanol–water partition coefficient (Wildman–Crippen LogP) is 8.35. The Hall–Kier alpha value is -6.90. The van der Waals surface area contributed by atoms with Crippen LogP contribution in [0.2, 0.25) is 0 Å². The molecule has 21 heteroatoms. The number of rotatable bonds is 27. The Kier molecular flexibility index (Phi) is 33.2. The van der Waals surface area contributed by atoms with Gasteiger partial charge in [-0.2, -0.15) is 0 Å². The standard InChI is InChI=1S/C73H116N8O13/c1-16-18-19-20-21-22-23-24-25-26-27-34-44-93-59(82)42-41-54-67(86)78(13)60(49(5)6)65(84)75-55(45-48(3)4)69(88)80(15)63(73(10,11)92)72(91)94-62(51(9)17-2)71(90)79(14)61(50(7)8)66(85)76-56(46-52-36-30-28-31-37-52)68(87)77(12)58(47-53-38-32-29-33-39-53)70(89)81-43-35-40-57(81)64(83)74-54/h28-33,36-39,48-51,54-58,60-63,92H,16-27,34-35,40-47H2,1-15H3,(H,74,83)(H,75,84)(H,76,85)/t51-,54+,55+,56+,57+,58+,60+,61+,62-,63-/m1/s1. The number of cyclic esters (lactones) is 1. The van der Waals surface area contributed by atoms with Gasteiger partial charge < -0.3 is 55.0 Å². The first kappa shape index (κ1) is 79.5. The molecule has 2 heterocycles. The van der Waals surface area contributed by atoms with Crippen LogP contribution in [0, 0.1) is 23.7 Å². The van der Waals surface area contributed by atoms with Crippen molar-refractivity contribution in [2.24, 2.45) is 23.7 Å². The van der Waals surface area contributed by atoms with Gasteiger partial charge in [-0.05, 0) is 81.3 Å². The number of unbranched alkanes of at least 4 members (excludes halogenated alkanes) is 11. The van der Waals surface area contributed by atoms with Gasteiger partial charge in [0.05, 0.1) is 12.2 Å². The fraction of sp³-hybridized carbons (Fsp3) is 0.699. The molecule has 8 amide bonds. The van der Waals surface area contributed by atoms with E-state index in [1.165, 1.54) is 107 Å². The first-order valence-corrected chi connectivity index (χ1v) is 34.9. The van der Waals surface area contributed by atoms with Crippen LogP contribution >= 0.6 is 0 Å². The van der Waals surface area contributed by atoms with E-state index in [0.717, 1.165) is 30.6 Å². The van der Waals surface area contributed by atoms with E-state index < -0.39 is 137 Å². The van der Waals surface area contributed by atoms with Gasteiger partial charge in [-0.1, -0.05) is 194 Å². The molecule has 2 aliphatic heterocycles. The van der Waals surface area contributed by atoms with E-state index in [2.05, 4.69) is 22.9 Å². The third-order valence-electron chi connectivity index (χ3n) is 18.5. The number of carbonyl (C=O) groups excluding carboxylic acids is 10. The first-order chi connectivity index (χ1) is 44.5. The van der Waals surface area contributed by atoms with Crippen molar-refractivity contribution >= 4 is 59.2 Å². The van der Waals surface area contributed by atoms with E-state index in [1.807, 2.05) is 38.1 Å². The molecule has 10 atom stereocenters. The fourth-order valence-corrected chi connectivity index (χ4v) is 13.0. The van der Waals surface area contributed by atoms with Crippen molar-refractivity contribution in [1.82, 2.24) is 40.4 Å². The van der Waals surface area contributed by atoms with Crippen LogP contribution in [0.1, 0.15) is 203 Å². The molecule has 0 aliphatic carbocycles. The second kappa shape index (κ2) is 39.2. The van der Waals surface area contributed by atoms with Gasteiger partial charge in [-0.25, -0.2) is 4.79 Å². The zero-order valence-corrected chi connectivity index (χ0v) is 59.4. The molecule has 94 heavy (non-hydrogen) atoms. The highest BCUT2D eigenvalue weighted by Crippen LogP contribution is 2.27.